The maximum absolute atomic E-state index is 10.9. The monoisotopic (exact) mass is 293 g/mol. The molecule has 0 N–H and O–H groups in total. The van der Waals surface area contributed by atoms with Crippen molar-refractivity contribution in [2.45, 2.75) is 64.8 Å². The summed E-state index contributed by atoms with van der Waals surface area (Å²) in [7, 11) is -1.81. The van der Waals surface area contributed by atoms with Crippen LogP contribution in [0.4, 0.5) is 0 Å². The lowest BCUT2D eigenvalue weighted by Gasteiger charge is -2.46. The van der Waals surface area contributed by atoms with E-state index < -0.39 is 13.9 Å². The van der Waals surface area contributed by atoms with Crippen molar-refractivity contribution in [1.82, 2.24) is 0 Å². The van der Waals surface area contributed by atoms with Crippen LogP contribution in [0.2, 0.25) is 19.6 Å². The summed E-state index contributed by atoms with van der Waals surface area (Å²) >= 11 is 0. The number of hydrogen-bond acceptors (Lipinski definition) is 2. The van der Waals surface area contributed by atoms with Crippen LogP contribution in [-0.2, 0) is 4.43 Å². The summed E-state index contributed by atoms with van der Waals surface area (Å²) in [6.45, 7) is 14.5. The maximum atomic E-state index is 10.9. The first-order valence-electron chi connectivity index (χ1n) is 7.28. The van der Waals surface area contributed by atoms with Gasteiger partial charge in [0.1, 0.15) is 0 Å². The van der Waals surface area contributed by atoms with Crippen LogP contribution in [0.5, 0.6) is 0 Å². The van der Waals surface area contributed by atoms with Gasteiger partial charge in [0.25, 0.3) is 0 Å². The summed E-state index contributed by atoms with van der Waals surface area (Å²) in [5.41, 5.74) is 0.366. The van der Waals surface area contributed by atoms with Crippen molar-refractivity contribution in [2.75, 3.05) is 0 Å². The molecule has 0 aliphatic heterocycles. The normalized spacial score (nSPS) is 25.4. The van der Waals surface area contributed by atoms with Crippen molar-refractivity contribution < 1.29 is 4.43 Å². The Labute approximate surface area is 124 Å². The molecule has 1 unspecified atom stereocenters. The van der Waals surface area contributed by atoms with Crippen LogP contribution in [0.15, 0.2) is 24.3 Å². The lowest BCUT2D eigenvalue weighted by Crippen LogP contribution is -2.53. The Bertz CT molecular complexity index is 451. The third-order valence-electron chi connectivity index (χ3n) is 4.02. The minimum absolute atomic E-state index is 0.261. The van der Waals surface area contributed by atoms with Crippen LogP contribution in [0.3, 0.4) is 0 Å². The molecule has 4 heteroatoms. The Morgan fingerprint density at radius 3 is 2.65 bits per heavy atom. The lowest BCUT2D eigenvalue weighted by molar-refractivity contribution is 0.00807. The van der Waals surface area contributed by atoms with Crippen LogP contribution < -0.4 is 0 Å². The predicted octanol–water partition coefficient (Wildman–Crippen LogP) is 5.12. The van der Waals surface area contributed by atoms with Gasteiger partial charge in [0.05, 0.1) is 0 Å². The largest absolute Gasteiger partial charge is 0.498 e. The van der Waals surface area contributed by atoms with Crippen molar-refractivity contribution in [3.8, 4) is 6.07 Å². The second-order valence-corrected chi connectivity index (χ2v) is 11.4. The van der Waals surface area contributed by atoms with Gasteiger partial charge in [-0.15, -0.1) is 6.58 Å². The minimum Gasteiger partial charge on any atom is -0.498 e. The molecule has 112 valence electrons. The Morgan fingerprint density at radius 2 is 2.15 bits per heavy atom. The third-order valence-corrected chi connectivity index (χ3v) is 4.98. The van der Waals surface area contributed by atoms with Gasteiger partial charge >= 0.3 is 6.07 Å². The van der Waals surface area contributed by atoms with Gasteiger partial charge in [-0.05, 0) is 45.3 Å². The molecule has 0 spiro atoms. The van der Waals surface area contributed by atoms with Crippen molar-refractivity contribution in [1.29, 1.82) is 0 Å². The van der Waals surface area contributed by atoms with Crippen LogP contribution in [0, 0.1) is 16.7 Å². The molecular formula is C16H27NO2Si. The molecule has 0 aromatic carbocycles. The zero-order valence-corrected chi connectivity index (χ0v) is 14.5. The summed E-state index contributed by atoms with van der Waals surface area (Å²) in [6.07, 6.45) is 7.77. The Morgan fingerprint density at radius 1 is 1.50 bits per heavy atom. The van der Waals surface area contributed by atoms with Gasteiger partial charge in [0, 0.05) is 10.4 Å². The Balaban J connectivity index is 3.20. The molecule has 0 heterocycles. The zero-order valence-electron chi connectivity index (χ0n) is 13.5. The van der Waals surface area contributed by atoms with Crippen LogP contribution >= 0.6 is 0 Å². The van der Waals surface area contributed by atoms with Gasteiger partial charge in [-0.3, -0.25) is 0 Å². The fraction of sp³-hybridized carbons (Fsp3) is 0.688. The van der Waals surface area contributed by atoms with E-state index in [0.29, 0.717) is 0 Å². The first kappa shape index (κ1) is 17.0. The van der Waals surface area contributed by atoms with Gasteiger partial charge in [-0.1, -0.05) is 31.6 Å². The molecule has 3 nitrogen and oxygen atoms in total. The van der Waals surface area contributed by atoms with Crippen molar-refractivity contribution in [3.05, 3.63) is 34.5 Å². The van der Waals surface area contributed by atoms with Gasteiger partial charge in [0.15, 0.2) is 8.32 Å². The second-order valence-electron chi connectivity index (χ2n) is 6.96. The summed E-state index contributed by atoms with van der Waals surface area (Å²) in [5.74, 6) is 0. The standard InChI is InChI=1S/C16H27NO2Si/c1-7-8-10-14-11-9-12-16(13-17-18,15(14,2)3)19-20(4,5)6/h7,11H,1,8-10,12H2,2-6H3. The molecule has 0 bridgehead atoms. The molecule has 0 amide bonds. The summed E-state index contributed by atoms with van der Waals surface area (Å²) in [6, 6.07) is 2.77. The van der Waals surface area contributed by atoms with Crippen LogP contribution in [0.1, 0.15) is 39.5 Å². The molecule has 0 aromatic heterocycles. The maximum Gasteiger partial charge on any atom is 0.333 e. The number of hydrogen-bond donors (Lipinski definition) is 0. The Kier molecular flexibility index (Phi) is 5.23. The van der Waals surface area contributed by atoms with Crippen molar-refractivity contribution >= 4 is 8.32 Å². The lowest BCUT2D eigenvalue weighted by atomic mass is 9.64. The van der Waals surface area contributed by atoms with E-state index in [1.807, 2.05) is 6.08 Å². The average molecular weight is 293 g/mol. The van der Waals surface area contributed by atoms with Crippen LogP contribution in [-0.4, -0.2) is 13.9 Å². The quantitative estimate of drug-likeness (QED) is 0.401. The van der Waals surface area contributed by atoms with E-state index in [-0.39, 0.29) is 5.41 Å². The molecule has 1 aliphatic carbocycles. The van der Waals surface area contributed by atoms with E-state index in [0.717, 1.165) is 25.7 Å². The van der Waals surface area contributed by atoms with Gasteiger partial charge in [-0.25, -0.2) is 0 Å². The fourth-order valence-electron chi connectivity index (χ4n) is 2.94. The van der Waals surface area contributed by atoms with E-state index in [1.165, 1.54) is 5.57 Å². The molecule has 20 heavy (non-hydrogen) atoms. The summed E-state index contributed by atoms with van der Waals surface area (Å²) < 4.78 is 6.40. The summed E-state index contributed by atoms with van der Waals surface area (Å²) in [5, 5.41) is 13.9. The second kappa shape index (κ2) is 6.15. The fourth-order valence-corrected chi connectivity index (χ4v) is 4.39. The van der Waals surface area contributed by atoms with Gasteiger partial charge in [0.2, 0.25) is 5.60 Å². The summed E-state index contributed by atoms with van der Waals surface area (Å²) in [4.78, 5) is 0. The first-order valence-corrected chi connectivity index (χ1v) is 10.7. The van der Waals surface area contributed by atoms with E-state index in [2.05, 4.69) is 57.2 Å². The molecule has 0 saturated heterocycles. The predicted molar refractivity (Wildman–Crippen MR) is 88.3 cm³/mol. The smallest absolute Gasteiger partial charge is 0.333 e. The first-order chi connectivity index (χ1) is 9.18. The number of allylic oxidation sites excluding steroid dienone is 2. The van der Waals surface area contributed by atoms with E-state index in [9.17, 15) is 5.21 Å². The van der Waals surface area contributed by atoms with Crippen LogP contribution in [0.25, 0.3) is 5.01 Å². The number of nitrogens with zero attached hydrogens (tertiary/aromatic N) is 1. The Hall–Kier alpha value is -1.05. The molecule has 1 aliphatic rings. The highest BCUT2D eigenvalue weighted by Crippen LogP contribution is 2.49. The topological polar surface area (TPSA) is 36.6 Å². The molecule has 0 fully saturated rings. The van der Waals surface area contributed by atoms with Crippen molar-refractivity contribution in [2.24, 2.45) is 5.41 Å². The van der Waals surface area contributed by atoms with E-state index in [1.54, 1.807) is 0 Å². The van der Waals surface area contributed by atoms with E-state index in [4.69, 9.17) is 4.43 Å². The van der Waals surface area contributed by atoms with Gasteiger partial charge < -0.3 is 9.63 Å². The highest BCUT2D eigenvalue weighted by atomic mass is 28.4. The minimum atomic E-state index is -1.81. The average Bonchev–Trinajstić information content (AvgIpc) is 2.29. The molecule has 0 aromatic rings. The van der Waals surface area contributed by atoms with Crippen molar-refractivity contribution in [3.63, 3.8) is 0 Å². The molecular weight excluding hydrogens is 266 g/mol. The molecule has 1 rings (SSSR count). The molecule has 0 radical (unpaired) electrons. The number of rotatable bonds is 5. The molecule has 0 saturated carbocycles. The third kappa shape index (κ3) is 3.53. The zero-order chi connectivity index (χ0) is 15.4. The molecule has 1 atom stereocenters. The van der Waals surface area contributed by atoms with E-state index >= 15 is 0 Å². The highest BCUT2D eigenvalue weighted by molar-refractivity contribution is 6.69. The van der Waals surface area contributed by atoms with Gasteiger partial charge in [-0.2, -0.15) is 0 Å². The highest BCUT2D eigenvalue weighted by Gasteiger charge is 2.54. The SMILES string of the molecule is C=CCCC1=CCCC(C#[N+][O-])(O[Si](C)(C)C)C1(C)C.